The molecule has 7 aromatic carbocycles. The maximum absolute atomic E-state index is 9.40. The Hall–Kier alpha value is -6.74. The summed E-state index contributed by atoms with van der Waals surface area (Å²) in [6.45, 7) is 0. The largest absolute Gasteiger partial charge is 0.208 e. The predicted molar refractivity (Wildman–Crippen MR) is 210 cm³/mol. The molecule has 9 aromatic rings. The fraction of sp³-hybridized carbons (Fsp3) is 0. The fourth-order valence-corrected chi connectivity index (χ4v) is 7.78. The van der Waals surface area contributed by atoms with E-state index in [4.69, 9.17) is 15.0 Å². The third-order valence-electron chi connectivity index (χ3n) is 9.19. The zero-order chi connectivity index (χ0) is 34.1. The molecule has 0 N–H and O–H groups in total. The van der Waals surface area contributed by atoms with Gasteiger partial charge in [-0.05, 0) is 57.6 Å². The number of nitriles is 1. The molecule has 2 heterocycles. The van der Waals surface area contributed by atoms with Gasteiger partial charge in [0.2, 0.25) is 0 Å². The maximum Gasteiger partial charge on any atom is 0.164 e. The van der Waals surface area contributed by atoms with Crippen LogP contribution in [0, 0.1) is 11.3 Å². The molecule has 0 fully saturated rings. The highest BCUT2D eigenvalue weighted by molar-refractivity contribution is 7.26. The van der Waals surface area contributed by atoms with Crippen LogP contribution in [0.15, 0.2) is 170 Å². The van der Waals surface area contributed by atoms with Gasteiger partial charge in [0.25, 0.3) is 0 Å². The van der Waals surface area contributed by atoms with Gasteiger partial charge in [-0.1, -0.05) is 146 Å². The van der Waals surface area contributed by atoms with Crippen LogP contribution in [0.25, 0.3) is 87.7 Å². The Morgan fingerprint density at radius 2 is 0.902 bits per heavy atom. The molecule has 9 rings (SSSR count). The van der Waals surface area contributed by atoms with Crippen LogP contribution < -0.4 is 0 Å². The Balaban J connectivity index is 1.16. The van der Waals surface area contributed by atoms with Gasteiger partial charge >= 0.3 is 0 Å². The molecule has 0 amide bonds. The van der Waals surface area contributed by atoms with E-state index < -0.39 is 0 Å². The summed E-state index contributed by atoms with van der Waals surface area (Å²) in [4.78, 5) is 15.1. The molecule has 0 bridgehead atoms. The van der Waals surface area contributed by atoms with Gasteiger partial charge in [-0.25, -0.2) is 15.0 Å². The first-order valence-electron chi connectivity index (χ1n) is 16.7. The van der Waals surface area contributed by atoms with Crippen molar-refractivity contribution in [2.75, 3.05) is 0 Å². The van der Waals surface area contributed by atoms with Gasteiger partial charge < -0.3 is 0 Å². The summed E-state index contributed by atoms with van der Waals surface area (Å²) in [6.07, 6.45) is 0. The van der Waals surface area contributed by atoms with E-state index in [9.17, 15) is 5.26 Å². The summed E-state index contributed by atoms with van der Waals surface area (Å²) in [5.41, 5.74) is 10.1. The quantitative estimate of drug-likeness (QED) is 0.177. The van der Waals surface area contributed by atoms with Crippen LogP contribution in [0.4, 0.5) is 0 Å². The summed E-state index contributed by atoms with van der Waals surface area (Å²) >= 11 is 1.79. The van der Waals surface area contributed by atoms with E-state index in [0.29, 0.717) is 23.0 Å². The summed E-state index contributed by atoms with van der Waals surface area (Å²) in [5.74, 6) is 1.83. The second-order valence-corrected chi connectivity index (χ2v) is 13.5. The van der Waals surface area contributed by atoms with Crippen molar-refractivity contribution in [3.8, 4) is 73.6 Å². The second kappa shape index (κ2) is 12.9. The van der Waals surface area contributed by atoms with Gasteiger partial charge in [0, 0.05) is 36.9 Å². The number of thiophene rings is 1. The molecule has 0 aliphatic heterocycles. The van der Waals surface area contributed by atoms with Crippen LogP contribution in [-0.4, -0.2) is 15.0 Å². The Bertz CT molecular complexity index is 2730. The minimum atomic E-state index is 0.599. The van der Waals surface area contributed by atoms with E-state index in [2.05, 4.69) is 133 Å². The minimum Gasteiger partial charge on any atom is -0.208 e. The predicted octanol–water partition coefficient (Wildman–Crippen LogP) is 12.1. The lowest BCUT2D eigenvalue weighted by Crippen LogP contribution is -2.00. The standard InChI is InChI=1S/C46H28N4S/c47-29-30-9-7-14-37(27-30)33-19-23-36(24-20-33)45-48-44(35-21-17-32(18-22-35)31-10-3-1-4-11-31)49-46(50-45)38-25-26-40-42(28-38)51-41-16-8-15-39(43(40)41)34-12-5-2-6-13-34/h1-28H. The monoisotopic (exact) mass is 668 g/mol. The van der Waals surface area contributed by atoms with Gasteiger partial charge in [0.15, 0.2) is 17.5 Å². The van der Waals surface area contributed by atoms with Gasteiger partial charge in [-0.3, -0.25) is 0 Å². The van der Waals surface area contributed by atoms with Gasteiger partial charge in [0.05, 0.1) is 11.6 Å². The molecule has 0 aliphatic carbocycles. The minimum absolute atomic E-state index is 0.599. The van der Waals surface area contributed by atoms with E-state index in [1.54, 1.807) is 11.3 Å². The number of hydrogen-bond acceptors (Lipinski definition) is 5. The van der Waals surface area contributed by atoms with Crippen molar-refractivity contribution in [3.05, 3.63) is 175 Å². The zero-order valence-electron chi connectivity index (χ0n) is 27.4. The van der Waals surface area contributed by atoms with Crippen LogP contribution in [0.3, 0.4) is 0 Å². The first-order valence-corrected chi connectivity index (χ1v) is 17.6. The molecule has 51 heavy (non-hydrogen) atoms. The molecule has 0 spiro atoms. The summed E-state index contributed by atoms with van der Waals surface area (Å²) in [7, 11) is 0. The lowest BCUT2D eigenvalue weighted by Gasteiger charge is -2.10. The molecule has 238 valence electrons. The second-order valence-electron chi connectivity index (χ2n) is 12.4. The van der Waals surface area contributed by atoms with Crippen LogP contribution in [0.5, 0.6) is 0 Å². The first-order chi connectivity index (χ1) is 25.2. The highest BCUT2D eigenvalue weighted by Gasteiger charge is 2.16. The first kappa shape index (κ1) is 30.3. The molecule has 0 radical (unpaired) electrons. The van der Waals surface area contributed by atoms with Gasteiger partial charge in [-0.15, -0.1) is 11.3 Å². The van der Waals surface area contributed by atoms with E-state index in [0.717, 1.165) is 38.9 Å². The summed E-state index contributed by atoms with van der Waals surface area (Å²) < 4.78 is 2.44. The van der Waals surface area contributed by atoms with E-state index in [1.807, 2.05) is 42.5 Å². The molecule has 0 saturated carbocycles. The molecule has 0 atom stereocenters. The van der Waals surface area contributed by atoms with Crippen molar-refractivity contribution in [1.29, 1.82) is 5.26 Å². The Morgan fingerprint density at radius 3 is 1.55 bits per heavy atom. The van der Waals surface area contributed by atoms with Gasteiger partial charge in [-0.2, -0.15) is 5.26 Å². The Labute approximate surface area is 299 Å². The van der Waals surface area contributed by atoms with Crippen molar-refractivity contribution >= 4 is 31.5 Å². The normalized spacial score (nSPS) is 11.1. The highest BCUT2D eigenvalue weighted by atomic mass is 32.1. The number of hydrogen-bond donors (Lipinski definition) is 0. The smallest absolute Gasteiger partial charge is 0.164 e. The molecule has 0 saturated heterocycles. The third kappa shape index (κ3) is 5.84. The molecule has 4 nitrogen and oxygen atoms in total. The van der Waals surface area contributed by atoms with Crippen LogP contribution in [0.1, 0.15) is 5.56 Å². The zero-order valence-corrected chi connectivity index (χ0v) is 28.2. The number of rotatable bonds is 6. The topological polar surface area (TPSA) is 62.5 Å². The SMILES string of the molecule is N#Cc1cccc(-c2ccc(-c3nc(-c4ccc(-c5ccccc5)cc4)nc(-c4ccc5c(c4)sc4cccc(-c6ccccc6)c45)n3)cc2)c1. The number of fused-ring (bicyclic) bond motifs is 3. The maximum atomic E-state index is 9.40. The van der Waals surface area contributed by atoms with Crippen LogP contribution in [-0.2, 0) is 0 Å². The molecule has 5 heteroatoms. The molecule has 2 aromatic heterocycles. The molecular weight excluding hydrogens is 641 g/mol. The van der Waals surface area contributed by atoms with Crippen molar-refractivity contribution < 1.29 is 0 Å². The molecule has 0 unspecified atom stereocenters. The van der Waals surface area contributed by atoms with E-state index in [1.165, 1.54) is 31.3 Å². The van der Waals surface area contributed by atoms with Crippen LogP contribution >= 0.6 is 11.3 Å². The third-order valence-corrected chi connectivity index (χ3v) is 10.3. The molecule has 0 aliphatic rings. The van der Waals surface area contributed by atoms with E-state index in [-0.39, 0.29) is 0 Å². The van der Waals surface area contributed by atoms with E-state index >= 15 is 0 Å². The van der Waals surface area contributed by atoms with Crippen LogP contribution in [0.2, 0.25) is 0 Å². The van der Waals surface area contributed by atoms with Crippen molar-refractivity contribution in [2.24, 2.45) is 0 Å². The fourth-order valence-electron chi connectivity index (χ4n) is 6.61. The summed E-state index contributed by atoms with van der Waals surface area (Å²) in [5, 5.41) is 11.9. The average molecular weight is 669 g/mol. The Morgan fingerprint density at radius 1 is 0.392 bits per heavy atom. The van der Waals surface area contributed by atoms with Crippen molar-refractivity contribution in [1.82, 2.24) is 15.0 Å². The number of benzene rings is 7. The highest BCUT2D eigenvalue weighted by Crippen LogP contribution is 2.41. The van der Waals surface area contributed by atoms with Crippen molar-refractivity contribution in [3.63, 3.8) is 0 Å². The number of nitrogens with zero attached hydrogens (tertiary/aromatic N) is 4. The molecular formula is C46H28N4S. The van der Waals surface area contributed by atoms with Crippen molar-refractivity contribution in [2.45, 2.75) is 0 Å². The van der Waals surface area contributed by atoms with Gasteiger partial charge in [0.1, 0.15) is 0 Å². The lowest BCUT2D eigenvalue weighted by molar-refractivity contribution is 1.07. The Kier molecular flexibility index (Phi) is 7.70. The number of aromatic nitrogens is 3. The average Bonchev–Trinajstić information content (AvgIpc) is 3.60. The lowest BCUT2D eigenvalue weighted by atomic mass is 9.99. The summed E-state index contributed by atoms with van der Waals surface area (Å²) in [6, 6.07) is 60.5.